The summed E-state index contributed by atoms with van der Waals surface area (Å²) in [6.07, 6.45) is 3.95. The highest BCUT2D eigenvalue weighted by Crippen LogP contribution is 2.11. The Labute approximate surface area is 107 Å². The normalized spacial score (nSPS) is 11.9. The lowest BCUT2D eigenvalue weighted by Gasteiger charge is -2.08. The molecule has 0 aliphatic carbocycles. The summed E-state index contributed by atoms with van der Waals surface area (Å²) in [5.74, 6) is -0.0520. The third-order valence-electron chi connectivity index (χ3n) is 2.90. The van der Waals surface area contributed by atoms with Gasteiger partial charge >= 0.3 is 0 Å². The standard InChI is InChI=1S/C15H16N2O/c1-12(14-6-4-3-5-7-14)17-10-8-15(9-11-17)16-13(2)18/h3-12H,1-2H3/p+1. The molecule has 1 heterocycles. The predicted octanol–water partition coefficient (Wildman–Crippen LogP) is 2.54. The Morgan fingerprint density at radius 2 is 1.72 bits per heavy atom. The zero-order chi connectivity index (χ0) is 13.0. The number of aromatic nitrogens is 1. The lowest BCUT2D eigenvalue weighted by atomic mass is 10.1. The predicted molar refractivity (Wildman–Crippen MR) is 71.2 cm³/mol. The molecule has 0 saturated heterocycles. The van der Waals surface area contributed by atoms with Gasteiger partial charge in [-0.15, -0.1) is 0 Å². The average molecular weight is 241 g/mol. The van der Waals surface area contributed by atoms with Gasteiger partial charge in [0.05, 0.1) is 5.69 Å². The van der Waals surface area contributed by atoms with Gasteiger partial charge in [-0.25, -0.2) is 0 Å². The van der Waals surface area contributed by atoms with Gasteiger partial charge < -0.3 is 5.32 Å². The van der Waals surface area contributed by atoms with E-state index in [-0.39, 0.29) is 11.9 Å². The molecule has 2 rings (SSSR count). The maximum absolute atomic E-state index is 10.9. The summed E-state index contributed by atoms with van der Waals surface area (Å²) in [5, 5.41) is 2.76. The van der Waals surface area contributed by atoms with Crippen molar-refractivity contribution in [2.24, 2.45) is 0 Å². The van der Waals surface area contributed by atoms with Crippen LogP contribution in [0.4, 0.5) is 5.69 Å². The van der Waals surface area contributed by atoms with Gasteiger partial charge in [-0.2, -0.15) is 4.57 Å². The third kappa shape index (κ3) is 2.94. The van der Waals surface area contributed by atoms with Crippen molar-refractivity contribution in [3.05, 3.63) is 60.4 Å². The largest absolute Gasteiger partial charge is 0.326 e. The lowest BCUT2D eigenvalue weighted by Crippen LogP contribution is -2.37. The van der Waals surface area contributed by atoms with Crippen LogP contribution in [-0.2, 0) is 4.79 Å². The second kappa shape index (κ2) is 5.45. The van der Waals surface area contributed by atoms with E-state index in [1.54, 1.807) is 0 Å². The molecule has 0 aliphatic rings. The molecule has 18 heavy (non-hydrogen) atoms. The summed E-state index contributed by atoms with van der Waals surface area (Å²) in [4.78, 5) is 10.9. The second-order valence-corrected chi connectivity index (χ2v) is 4.30. The van der Waals surface area contributed by atoms with E-state index in [0.717, 1.165) is 5.69 Å². The van der Waals surface area contributed by atoms with Crippen LogP contribution >= 0.6 is 0 Å². The first-order valence-corrected chi connectivity index (χ1v) is 6.00. The number of pyridine rings is 1. The summed E-state index contributed by atoms with van der Waals surface area (Å²) in [7, 11) is 0. The van der Waals surface area contributed by atoms with Crippen LogP contribution in [0, 0.1) is 0 Å². The zero-order valence-corrected chi connectivity index (χ0v) is 10.6. The van der Waals surface area contributed by atoms with Crippen molar-refractivity contribution in [2.45, 2.75) is 19.9 Å². The van der Waals surface area contributed by atoms with Gasteiger partial charge in [-0.1, -0.05) is 30.3 Å². The van der Waals surface area contributed by atoms with Crippen LogP contribution in [0.1, 0.15) is 25.5 Å². The minimum absolute atomic E-state index is 0.0520. The van der Waals surface area contributed by atoms with Gasteiger partial charge in [0.15, 0.2) is 18.4 Å². The third-order valence-corrected chi connectivity index (χ3v) is 2.90. The van der Waals surface area contributed by atoms with Crippen molar-refractivity contribution >= 4 is 11.6 Å². The van der Waals surface area contributed by atoms with Crippen LogP contribution in [-0.4, -0.2) is 5.91 Å². The van der Waals surface area contributed by atoms with E-state index < -0.39 is 0 Å². The van der Waals surface area contributed by atoms with Crippen LogP contribution in [0.15, 0.2) is 54.9 Å². The Hall–Kier alpha value is -2.16. The fourth-order valence-electron chi connectivity index (χ4n) is 1.89. The number of nitrogens with zero attached hydrogens (tertiary/aromatic N) is 1. The summed E-state index contributed by atoms with van der Waals surface area (Å²) in [6, 6.07) is 14.4. The highest BCUT2D eigenvalue weighted by atomic mass is 16.1. The molecule has 0 spiro atoms. The fourth-order valence-corrected chi connectivity index (χ4v) is 1.89. The number of hydrogen-bond donors (Lipinski definition) is 1. The van der Waals surface area contributed by atoms with E-state index in [2.05, 4.69) is 28.9 Å². The van der Waals surface area contributed by atoms with Gasteiger partial charge in [0, 0.05) is 31.5 Å². The van der Waals surface area contributed by atoms with Crippen LogP contribution in [0.2, 0.25) is 0 Å². The van der Waals surface area contributed by atoms with Gasteiger partial charge in [0.25, 0.3) is 0 Å². The lowest BCUT2D eigenvalue weighted by molar-refractivity contribution is -0.710. The maximum atomic E-state index is 10.9. The SMILES string of the molecule is CC(=O)Nc1cc[n+](C(C)c2ccccc2)cc1. The zero-order valence-electron chi connectivity index (χ0n) is 10.6. The Morgan fingerprint density at radius 3 is 2.28 bits per heavy atom. The molecule has 1 atom stereocenters. The molecular formula is C15H17N2O+. The average Bonchev–Trinajstić information content (AvgIpc) is 2.39. The monoisotopic (exact) mass is 241 g/mol. The van der Waals surface area contributed by atoms with Crippen LogP contribution in [0.25, 0.3) is 0 Å². The van der Waals surface area contributed by atoms with Crippen LogP contribution in [0.3, 0.4) is 0 Å². The maximum Gasteiger partial charge on any atom is 0.221 e. The van der Waals surface area contributed by atoms with E-state index in [1.165, 1.54) is 12.5 Å². The van der Waals surface area contributed by atoms with Crippen molar-refractivity contribution in [2.75, 3.05) is 5.32 Å². The fraction of sp³-hybridized carbons (Fsp3) is 0.200. The minimum atomic E-state index is -0.0520. The van der Waals surface area contributed by atoms with Gasteiger partial charge in [-0.05, 0) is 0 Å². The first-order valence-electron chi connectivity index (χ1n) is 6.00. The molecule has 1 unspecified atom stereocenters. The second-order valence-electron chi connectivity index (χ2n) is 4.30. The van der Waals surface area contributed by atoms with Crippen molar-refractivity contribution in [1.29, 1.82) is 0 Å². The summed E-state index contributed by atoms with van der Waals surface area (Å²) < 4.78 is 2.11. The molecule has 92 valence electrons. The molecule has 0 bridgehead atoms. The molecule has 1 aromatic heterocycles. The Kier molecular flexibility index (Phi) is 3.72. The number of amides is 1. The summed E-state index contributed by atoms with van der Waals surface area (Å²) in [5.41, 5.74) is 2.08. The molecule has 3 nitrogen and oxygen atoms in total. The minimum Gasteiger partial charge on any atom is -0.326 e. The van der Waals surface area contributed by atoms with Gasteiger partial charge in [0.1, 0.15) is 0 Å². The first-order chi connectivity index (χ1) is 8.66. The Morgan fingerprint density at radius 1 is 1.11 bits per heavy atom. The quantitative estimate of drug-likeness (QED) is 0.823. The van der Waals surface area contributed by atoms with E-state index in [0.29, 0.717) is 0 Å². The van der Waals surface area contributed by atoms with E-state index in [4.69, 9.17) is 0 Å². The number of rotatable bonds is 3. The molecule has 0 saturated carbocycles. The Bertz CT molecular complexity index is 520. The summed E-state index contributed by atoms with van der Waals surface area (Å²) in [6.45, 7) is 3.65. The van der Waals surface area contributed by atoms with E-state index in [9.17, 15) is 4.79 Å². The van der Waals surface area contributed by atoms with Crippen LogP contribution < -0.4 is 9.88 Å². The smallest absolute Gasteiger partial charge is 0.221 e. The van der Waals surface area contributed by atoms with Crippen molar-refractivity contribution in [1.82, 2.24) is 0 Å². The van der Waals surface area contributed by atoms with E-state index >= 15 is 0 Å². The van der Waals surface area contributed by atoms with Crippen molar-refractivity contribution in [3.8, 4) is 0 Å². The molecule has 3 heteroatoms. The van der Waals surface area contributed by atoms with Crippen molar-refractivity contribution in [3.63, 3.8) is 0 Å². The number of hydrogen-bond acceptors (Lipinski definition) is 1. The Balaban J connectivity index is 2.17. The molecule has 2 aromatic rings. The number of carbonyl (C=O) groups is 1. The molecule has 0 radical (unpaired) electrons. The van der Waals surface area contributed by atoms with Gasteiger partial charge in [-0.3, -0.25) is 4.79 Å². The molecule has 1 aromatic carbocycles. The molecule has 1 amide bonds. The number of nitrogens with one attached hydrogen (secondary N) is 1. The molecule has 0 aliphatic heterocycles. The molecular weight excluding hydrogens is 224 g/mol. The van der Waals surface area contributed by atoms with Gasteiger partial charge in [0.2, 0.25) is 5.91 Å². The van der Waals surface area contributed by atoms with E-state index in [1.807, 2.05) is 42.7 Å². The first kappa shape index (κ1) is 12.3. The molecule has 0 fully saturated rings. The summed E-state index contributed by atoms with van der Waals surface area (Å²) >= 11 is 0. The number of benzene rings is 1. The molecule has 1 N–H and O–H groups in total. The topological polar surface area (TPSA) is 33.0 Å². The van der Waals surface area contributed by atoms with Crippen LogP contribution in [0.5, 0.6) is 0 Å². The number of anilines is 1. The highest BCUT2D eigenvalue weighted by molar-refractivity contribution is 5.88. The highest BCUT2D eigenvalue weighted by Gasteiger charge is 2.13. The number of carbonyl (C=O) groups excluding carboxylic acids is 1. The van der Waals surface area contributed by atoms with Crippen molar-refractivity contribution < 1.29 is 9.36 Å².